The maximum absolute atomic E-state index is 14.9. The largest absolute Gasteiger partial charge is 0.331 e. The van der Waals surface area contributed by atoms with Gasteiger partial charge in [0.05, 0.1) is 17.5 Å². The molecule has 0 spiro atoms. The lowest BCUT2D eigenvalue weighted by atomic mass is 9.65. The number of anilines is 1. The smallest absolute Gasteiger partial charge is 0.259 e. The Labute approximate surface area is 184 Å². The Kier molecular flexibility index (Phi) is 5.25. The molecule has 10 heteroatoms. The molecule has 2 aromatic heterocycles. The molecule has 0 radical (unpaired) electrons. The number of hydrogen-bond donors (Lipinski definition) is 1. The van der Waals surface area contributed by atoms with Gasteiger partial charge < -0.3 is 9.88 Å². The first-order valence-electron chi connectivity index (χ1n) is 10.1. The number of aromatic nitrogens is 3. The first kappa shape index (κ1) is 21.0. The average Bonchev–Trinajstić information content (AvgIpc) is 3.09. The van der Waals surface area contributed by atoms with Crippen molar-refractivity contribution < 1.29 is 9.18 Å². The molecule has 0 unspecified atom stereocenters. The van der Waals surface area contributed by atoms with Crippen LogP contribution in [0.1, 0.15) is 16.2 Å². The SMILES string of the molecule is Bc1c(B)c(B)c(C(=O)Nc2cc3cc(-c4cnc(C)n4C)ccc3cn2)c(F)c1B. The van der Waals surface area contributed by atoms with Crippen molar-refractivity contribution in [2.45, 2.75) is 6.92 Å². The third-order valence-electron chi connectivity index (χ3n) is 6.32. The van der Waals surface area contributed by atoms with Crippen LogP contribution in [0.25, 0.3) is 22.0 Å². The molecule has 1 N–H and O–H groups in total. The number of nitrogens with one attached hydrogen (secondary N) is 1. The van der Waals surface area contributed by atoms with Crippen LogP contribution in [0, 0.1) is 12.7 Å². The van der Waals surface area contributed by atoms with Gasteiger partial charge in [-0.3, -0.25) is 4.79 Å². The molecular weight excluding hydrogens is 387 g/mol. The van der Waals surface area contributed by atoms with Crippen LogP contribution in [0.5, 0.6) is 0 Å². The van der Waals surface area contributed by atoms with Crippen molar-refractivity contribution >= 4 is 75.7 Å². The minimum absolute atomic E-state index is 0.0709. The lowest BCUT2D eigenvalue weighted by Crippen LogP contribution is -2.52. The van der Waals surface area contributed by atoms with Gasteiger partial charge in [0.1, 0.15) is 48.8 Å². The van der Waals surface area contributed by atoms with E-state index >= 15 is 0 Å². The van der Waals surface area contributed by atoms with Crippen molar-refractivity contribution in [1.82, 2.24) is 14.5 Å². The van der Waals surface area contributed by atoms with Gasteiger partial charge in [-0.25, -0.2) is 14.4 Å². The summed E-state index contributed by atoms with van der Waals surface area (Å²) in [7, 11) is 9.22. The highest BCUT2D eigenvalue weighted by atomic mass is 19.1. The molecule has 0 aliphatic carbocycles. The number of benzene rings is 2. The predicted octanol–water partition coefficient (Wildman–Crippen LogP) is -2.63. The predicted molar refractivity (Wildman–Crippen MR) is 136 cm³/mol. The maximum Gasteiger partial charge on any atom is 0.259 e. The van der Waals surface area contributed by atoms with Gasteiger partial charge in [-0.1, -0.05) is 28.5 Å². The van der Waals surface area contributed by atoms with Gasteiger partial charge in [-0.2, -0.15) is 0 Å². The summed E-state index contributed by atoms with van der Waals surface area (Å²) in [4.78, 5) is 21.6. The molecule has 2 heterocycles. The minimum atomic E-state index is -0.494. The second kappa shape index (κ2) is 7.76. The van der Waals surface area contributed by atoms with Gasteiger partial charge in [0.15, 0.2) is 0 Å². The Balaban J connectivity index is 1.71. The summed E-state index contributed by atoms with van der Waals surface area (Å²) in [6.07, 6.45) is 3.55. The quantitative estimate of drug-likeness (QED) is 0.378. The lowest BCUT2D eigenvalue weighted by molar-refractivity contribution is 0.102. The zero-order chi connectivity index (χ0) is 22.4. The molecule has 0 atom stereocenters. The second-order valence-electron chi connectivity index (χ2n) is 8.02. The van der Waals surface area contributed by atoms with Crippen LogP contribution >= 0.6 is 0 Å². The lowest BCUT2D eigenvalue weighted by Gasteiger charge is -2.17. The monoisotopic (exact) mass is 408 g/mol. The summed E-state index contributed by atoms with van der Waals surface area (Å²) in [5, 5.41) is 4.65. The molecule has 0 aliphatic rings. The number of carbonyl (C=O) groups is 1. The number of hydrogen-bond acceptors (Lipinski definition) is 3. The van der Waals surface area contributed by atoms with E-state index in [9.17, 15) is 9.18 Å². The summed E-state index contributed by atoms with van der Waals surface area (Å²) in [6.45, 7) is 1.96. The van der Waals surface area contributed by atoms with Crippen LogP contribution < -0.4 is 27.2 Å². The van der Waals surface area contributed by atoms with E-state index in [0.717, 1.165) is 38.8 Å². The molecule has 0 saturated carbocycles. The van der Waals surface area contributed by atoms with E-state index in [2.05, 4.69) is 15.3 Å². The number of aryl methyl sites for hydroxylation is 1. The van der Waals surface area contributed by atoms with E-state index in [1.165, 1.54) is 0 Å². The Morgan fingerprint density at radius 3 is 2.35 bits per heavy atom. The normalized spacial score (nSPS) is 11.1. The standard InChI is InChI=1S/C21H21B4FN4O/c1-9-27-8-13(30(9)2)10-3-4-11-7-28-14(6-12(11)5-10)29-21(31)15-16(22)17(23)18(24)19(25)20(15)26/h3-8H,22-25H2,1-2H3,(H,28,29,31). The summed E-state index contributed by atoms with van der Waals surface area (Å²) in [6, 6.07) is 7.85. The Hall–Kier alpha value is -3.28. The third kappa shape index (κ3) is 3.56. The number of pyridine rings is 1. The van der Waals surface area contributed by atoms with Crippen LogP contribution in [0.3, 0.4) is 0 Å². The van der Waals surface area contributed by atoms with E-state index in [-0.39, 0.29) is 5.56 Å². The Bertz CT molecular complexity index is 1340. The molecule has 4 rings (SSSR count). The van der Waals surface area contributed by atoms with Crippen LogP contribution in [0.4, 0.5) is 10.2 Å². The fraction of sp³-hybridized carbons (Fsp3) is 0.0952. The number of rotatable bonds is 3. The number of nitrogens with zero attached hydrogens (tertiary/aromatic N) is 3. The summed E-state index contributed by atoms with van der Waals surface area (Å²) in [5.74, 6) is 0.337. The first-order valence-corrected chi connectivity index (χ1v) is 10.1. The first-order chi connectivity index (χ1) is 14.7. The molecular formula is C21H21B4FN4O. The van der Waals surface area contributed by atoms with E-state index < -0.39 is 11.7 Å². The number of imidazole rings is 1. The molecule has 0 fully saturated rings. The fourth-order valence-electron chi connectivity index (χ4n) is 3.85. The number of fused-ring (bicyclic) bond motifs is 1. The molecule has 150 valence electrons. The molecule has 2 aromatic carbocycles. The summed E-state index contributed by atoms with van der Waals surface area (Å²) < 4.78 is 16.9. The fourth-order valence-corrected chi connectivity index (χ4v) is 3.85. The number of carbonyl (C=O) groups excluding carboxylic acids is 1. The molecule has 0 saturated heterocycles. The molecule has 0 aliphatic heterocycles. The van der Waals surface area contributed by atoms with E-state index in [0.29, 0.717) is 16.7 Å². The maximum atomic E-state index is 14.9. The van der Waals surface area contributed by atoms with Crippen LogP contribution in [-0.4, -0.2) is 51.8 Å². The zero-order valence-corrected chi connectivity index (χ0v) is 18.6. The van der Waals surface area contributed by atoms with E-state index in [1.807, 2.05) is 58.6 Å². The Morgan fingerprint density at radius 1 is 0.968 bits per heavy atom. The highest BCUT2D eigenvalue weighted by molar-refractivity contribution is 6.63. The highest BCUT2D eigenvalue weighted by Gasteiger charge is 2.20. The molecule has 1 amide bonds. The molecule has 0 bridgehead atoms. The minimum Gasteiger partial charge on any atom is -0.331 e. The topological polar surface area (TPSA) is 59.8 Å². The molecule has 31 heavy (non-hydrogen) atoms. The van der Waals surface area contributed by atoms with Gasteiger partial charge in [0.2, 0.25) is 0 Å². The molecule has 5 nitrogen and oxygen atoms in total. The van der Waals surface area contributed by atoms with Gasteiger partial charge >= 0.3 is 0 Å². The van der Waals surface area contributed by atoms with Gasteiger partial charge in [-0.15, -0.1) is 5.46 Å². The van der Waals surface area contributed by atoms with E-state index in [1.54, 1.807) is 28.0 Å². The third-order valence-corrected chi connectivity index (χ3v) is 6.32. The van der Waals surface area contributed by atoms with Crippen molar-refractivity contribution in [2.24, 2.45) is 7.05 Å². The second-order valence-corrected chi connectivity index (χ2v) is 8.02. The summed E-state index contributed by atoms with van der Waals surface area (Å²) in [5.41, 5.74) is 5.03. The number of amides is 1. The van der Waals surface area contributed by atoms with Crippen molar-refractivity contribution in [2.75, 3.05) is 5.32 Å². The number of halogens is 1. The van der Waals surface area contributed by atoms with Crippen LogP contribution in [-0.2, 0) is 7.05 Å². The Morgan fingerprint density at radius 2 is 1.68 bits per heavy atom. The molecule has 4 aromatic rings. The van der Waals surface area contributed by atoms with Gasteiger partial charge in [0.25, 0.3) is 5.91 Å². The average molecular weight is 408 g/mol. The van der Waals surface area contributed by atoms with Crippen LogP contribution in [0.15, 0.2) is 36.7 Å². The van der Waals surface area contributed by atoms with Gasteiger partial charge in [-0.05, 0) is 24.4 Å². The zero-order valence-electron chi connectivity index (χ0n) is 18.6. The van der Waals surface area contributed by atoms with E-state index in [4.69, 9.17) is 0 Å². The highest BCUT2D eigenvalue weighted by Crippen LogP contribution is 2.26. The van der Waals surface area contributed by atoms with Crippen molar-refractivity contribution in [1.29, 1.82) is 0 Å². The van der Waals surface area contributed by atoms with Crippen molar-refractivity contribution in [3.63, 3.8) is 0 Å². The van der Waals surface area contributed by atoms with Crippen molar-refractivity contribution in [3.05, 3.63) is 53.9 Å². The van der Waals surface area contributed by atoms with Gasteiger partial charge in [0, 0.05) is 24.2 Å². The van der Waals surface area contributed by atoms with Crippen LogP contribution in [0.2, 0.25) is 0 Å². The summed E-state index contributed by atoms with van der Waals surface area (Å²) >= 11 is 0. The van der Waals surface area contributed by atoms with Crippen molar-refractivity contribution in [3.8, 4) is 11.3 Å².